The zero-order chi connectivity index (χ0) is 16.4. The van der Waals surface area contributed by atoms with E-state index in [2.05, 4.69) is 29.1 Å². The van der Waals surface area contributed by atoms with E-state index in [9.17, 15) is 8.42 Å². The highest BCUT2D eigenvalue weighted by Gasteiger charge is 2.33. The van der Waals surface area contributed by atoms with Gasteiger partial charge in [-0.05, 0) is 30.4 Å². The van der Waals surface area contributed by atoms with Gasteiger partial charge in [-0.25, -0.2) is 13.6 Å². The van der Waals surface area contributed by atoms with Crippen molar-refractivity contribution in [1.82, 2.24) is 10.2 Å². The Balaban J connectivity index is 1.97. The van der Waals surface area contributed by atoms with Gasteiger partial charge in [-0.2, -0.15) is 0 Å². The van der Waals surface area contributed by atoms with Crippen molar-refractivity contribution < 1.29 is 8.42 Å². The van der Waals surface area contributed by atoms with Gasteiger partial charge in [0, 0.05) is 25.0 Å². The van der Waals surface area contributed by atoms with E-state index in [0.29, 0.717) is 12.0 Å². The summed E-state index contributed by atoms with van der Waals surface area (Å²) in [5.74, 6) is 0.864. The van der Waals surface area contributed by atoms with E-state index in [4.69, 9.17) is 5.14 Å². The second-order valence-corrected chi connectivity index (χ2v) is 8.96. The Morgan fingerprint density at radius 2 is 2.27 bits per heavy atom. The number of likely N-dealkylation sites (tertiary alicyclic amines) is 1. The second kappa shape index (κ2) is 6.55. The van der Waals surface area contributed by atoms with Crippen LogP contribution in [0.2, 0.25) is 0 Å². The van der Waals surface area contributed by atoms with Crippen LogP contribution in [0.4, 0.5) is 0 Å². The minimum absolute atomic E-state index is 0.194. The van der Waals surface area contributed by atoms with Gasteiger partial charge in [0.25, 0.3) is 0 Å². The van der Waals surface area contributed by atoms with Crippen molar-refractivity contribution in [2.24, 2.45) is 15.5 Å². The molecule has 2 rings (SSSR count). The van der Waals surface area contributed by atoms with Crippen LogP contribution in [0.5, 0.6) is 0 Å². The minimum atomic E-state index is -3.61. The minimum Gasteiger partial charge on any atom is -0.351 e. The lowest BCUT2D eigenvalue weighted by Gasteiger charge is -2.25. The number of rotatable bonds is 4. The summed E-state index contributed by atoms with van der Waals surface area (Å²) in [5.41, 5.74) is 0.349. The van der Waals surface area contributed by atoms with Crippen LogP contribution in [-0.4, -0.2) is 39.4 Å². The average molecular weight is 345 g/mol. The van der Waals surface area contributed by atoms with Crippen LogP contribution in [0.1, 0.15) is 31.6 Å². The molecule has 0 spiro atoms. The Morgan fingerprint density at radius 3 is 2.77 bits per heavy atom. The number of thiophene rings is 1. The largest absolute Gasteiger partial charge is 0.351 e. The molecule has 1 aliphatic heterocycles. The lowest BCUT2D eigenvalue weighted by atomic mass is 9.87. The fourth-order valence-electron chi connectivity index (χ4n) is 2.60. The summed E-state index contributed by atoms with van der Waals surface area (Å²) in [6.45, 7) is 7.07. The molecule has 124 valence electrons. The maximum atomic E-state index is 11.3. The summed E-state index contributed by atoms with van der Waals surface area (Å²) < 4.78 is 22.8. The van der Waals surface area contributed by atoms with Gasteiger partial charge in [0.1, 0.15) is 4.21 Å². The molecule has 22 heavy (non-hydrogen) atoms. The van der Waals surface area contributed by atoms with Crippen molar-refractivity contribution in [2.45, 2.75) is 37.4 Å². The number of guanidine groups is 1. The predicted molar refractivity (Wildman–Crippen MR) is 90.5 cm³/mol. The first-order valence-corrected chi connectivity index (χ1v) is 9.71. The van der Waals surface area contributed by atoms with Crippen LogP contribution < -0.4 is 10.5 Å². The Morgan fingerprint density at radius 1 is 1.55 bits per heavy atom. The SMILES string of the molecule is CCC1(C)CCN(C(=NC)NCc2ccc(S(N)(=O)=O)s2)C1. The fraction of sp³-hybridized carbons (Fsp3) is 0.643. The van der Waals surface area contributed by atoms with Gasteiger partial charge in [0.05, 0.1) is 6.54 Å². The molecule has 0 radical (unpaired) electrons. The molecule has 6 nitrogen and oxygen atoms in total. The van der Waals surface area contributed by atoms with E-state index >= 15 is 0 Å². The molecule has 0 bridgehead atoms. The number of primary sulfonamides is 1. The monoisotopic (exact) mass is 344 g/mol. The van der Waals surface area contributed by atoms with E-state index in [1.807, 2.05) is 0 Å². The zero-order valence-corrected chi connectivity index (χ0v) is 14.9. The second-order valence-electron chi connectivity index (χ2n) is 6.00. The maximum Gasteiger partial charge on any atom is 0.247 e. The Kier molecular flexibility index (Phi) is 5.14. The molecule has 0 saturated carbocycles. The van der Waals surface area contributed by atoms with Crippen LogP contribution in [0, 0.1) is 5.41 Å². The lowest BCUT2D eigenvalue weighted by molar-refractivity contribution is 0.322. The molecular weight excluding hydrogens is 320 g/mol. The van der Waals surface area contributed by atoms with E-state index in [-0.39, 0.29) is 4.21 Å². The highest BCUT2D eigenvalue weighted by atomic mass is 32.2. The number of aliphatic imine (C=N–C) groups is 1. The van der Waals surface area contributed by atoms with Crippen molar-refractivity contribution in [3.8, 4) is 0 Å². The molecule has 1 aliphatic rings. The highest BCUT2D eigenvalue weighted by Crippen LogP contribution is 2.32. The van der Waals surface area contributed by atoms with Gasteiger partial charge in [-0.1, -0.05) is 13.8 Å². The Bertz CT molecular complexity index is 654. The zero-order valence-electron chi connectivity index (χ0n) is 13.3. The summed E-state index contributed by atoms with van der Waals surface area (Å²) >= 11 is 1.19. The van der Waals surface area contributed by atoms with E-state index in [1.54, 1.807) is 19.2 Å². The molecule has 1 aromatic rings. The van der Waals surface area contributed by atoms with Crippen LogP contribution in [0.25, 0.3) is 0 Å². The van der Waals surface area contributed by atoms with Gasteiger partial charge < -0.3 is 10.2 Å². The summed E-state index contributed by atoms with van der Waals surface area (Å²) in [6, 6.07) is 3.33. The fourth-order valence-corrected chi connectivity index (χ4v) is 4.32. The normalized spacial score (nSPS) is 23.1. The molecule has 1 fully saturated rings. The van der Waals surface area contributed by atoms with Crippen LogP contribution >= 0.6 is 11.3 Å². The average Bonchev–Trinajstić information content (AvgIpc) is 3.07. The molecule has 0 aliphatic carbocycles. The molecule has 2 heterocycles. The van der Waals surface area contributed by atoms with Crippen molar-refractivity contribution in [3.05, 3.63) is 17.0 Å². The first-order valence-electron chi connectivity index (χ1n) is 7.34. The molecule has 3 N–H and O–H groups in total. The first-order chi connectivity index (χ1) is 10.3. The molecule has 8 heteroatoms. The van der Waals surface area contributed by atoms with Crippen LogP contribution in [0.3, 0.4) is 0 Å². The van der Waals surface area contributed by atoms with Gasteiger partial charge >= 0.3 is 0 Å². The van der Waals surface area contributed by atoms with Gasteiger partial charge in [0.15, 0.2) is 5.96 Å². The summed E-state index contributed by atoms with van der Waals surface area (Å²) in [7, 11) is -1.84. The maximum absolute atomic E-state index is 11.3. The molecular formula is C14H24N4O2S2. The van der Waals surface area contributed by atoms with Gasteiger partial charge in [-0.3, -0.25) is 4.99 Å². The van der Waals surface area contributed by atoms with Gasteiger partial charge in [-0.15, -0.1) is 11.3 Å². The summed E-state index contributed by atoms with van der Waals surface area (Å²) in [5, 5.41) is 8.43. The number of hydrogen-bond donors (Lipinski definition) is 2. The molecule has 0 amide bonds. The summed E-state index contributed by atoms with van der Waals surface area (Å²) in [4.78, 5) is 7.51. The number of nitrogens with zero attached hydrogens (tertiary/aromatic N) is 2. The first kappa shape index (κ1) is 17.2. The lowest BCUT2D eigenvalue weighted by Crippen LogP contribution is -2.40. The third kappa shape index (κ3) is 3.99. The number of nitrogens with two attached hydrogens (primary N) is 1. The highest BCUT2D eigenvalue weighted by molar-refractivity contribution is 7.91. The smallest absolute Gasteiger partial charge is 0.247 e. The predicted octanol–water partition coefficient (Wildman–Crippen LogP) is 1.59. The van der Waals surface area contributed by atoms with Crippen molar-refractivity contribution >= 4 is 27.3 Å². The Hall–Kier alpha value is -1.12. The third-order valence-electron chi connectivity index (χ3n) is 4.26. The van der Waals surface area contributed by atoms with E-state index in [1.165, 1.54) is 17.8 Å². The molecule has 1 atom stereocenters. The topological polar surface area (TPSA) is 87.8 Å². The van der Waals surface area contributed by atoms with Crippen LogP contribution in [-0.2, 0) is 16.6 Å². The molecule has 0 aromatic carbocycles. The third-order valence-corrected chi connectivity index (χ3v) is 6.78. The van der Waals surface area contributed by atoms with Crippen molar-refractivity contribution in [1.29, 1.82) is 0 Å². The summed E-state index contributed by atoms with van der Waals surface area (Å²) in [6.07, 6.45) is 2.32. The van der Waals surface area contributed by atoms with Crippen LogP contribution in [0.15, 0.2) is 21.3 Å². The van der Waals surface area contributed by atoms with E-state index in [0.717, 1.165) is 30.3 Å². The molecule has 1 unspecified atom stereocenters. The standard InChI is InChI=1S/C14H24N4O2S2/c1-4-14(2)7-8-18(10-14)13(16-3)17-9-11-5-6-12(21-11)22(15,19)20/h5-6H,4,7-10H2,1-3H3,(H,16,17)(H2,15,19,20). The number of hydrogen-bond acceptors (Lipinski definition) is 4. The molecule has 1 saturated heterocycles. The van der Waals surface area contributed by atoms with E-state index < -0.39 is 10.0 Å². The van der Waals surface area contributed by atoms with Gasteiger partial charge in [0.2, 0.25) is 10.0 Å². The Labute approximate surface area is 136 Å². The number of sulfonamides is 1. The molecule has 1 aromatic heterocycles. The quantitative estimate of drug-likeness (QED) is 0.641. The van der Waals surface area contributed by atoms with Crippen molar-refractivity contribution in [3.63, 3.8) is 0 Å². The van der Waals surface area contributed by atoms with Crippen molar-refractivity contribution in [2.75, 3.05) is 20.1 Å². The number of nitrogens with one attached hydrogen (secondary N) is 1.